The van der Waals surface area contributed by atoms with Crippen LogP contribution in [-0.2, 0) is 17.7 Å². The quantitative estimate of drug-likeness (QED) is 0.536. The lowest BCUT2D eigenvalue weighted by molar-refractivity contribution is 0.0754. The Morgan fingerprint density at radius 1 is 1.29 bits per heavy atom. The normalized spacial score (nSPS) is 11.7. The highest BCUT2D eigenvalue weighted by Gasteiger charge is 2.10. The molecule has 3 nitrogen and oxygen atoms in total. The number of aryl methyl sites for hydroxylation is 3. The minimum absolute atomic E-state index is 0.313. The Hall–Kier alpha value is -1.06. The van der Waals surface area contributed by atoms with Gasteiger partial charge in [-0.1, -0.05) is 6.07 Å². The van der Waals surface area contributed by atoms with Crippen LogP contribution in [0.5, 0.6) is 0 Å². The van der Waals surface area contributed by atoms with Crippen molar-refractivity contribution in [2.45, 2.75) is 52.7 Å². The lowest BCUT2D eigenvalue weighted by Crippen LogP contribution is -2.08. The first-order chi connectivity index (χ1) is 10.1. The number of alkyl halides is 1. The second-order valence-electron chi connectivity index (χ2n) is 5.74. The van der Waals surface area contributed by atoms with Crippen molar-refractivity contribution in [1.82, 2.24) is 9.55 Å². The Morgan fingerprint density at radius 2 is 2.10 bits per heavy atom. The monoisotopic (exact) mass is 308 g/mol. The summed E-state index contributed by atoms with van der Waals surface area (Å²) in [5.41, 5.74) is 3.56. The number of ether oxygens (including phenoxy) is 1. The lowest BCUT2D eigenvalue weighted by atomic mass is 10.2. The van der Waals surface area contributed by atoms with E-state index in [9.17, 15) is 0 Å². The molecule has 0 N–H and O–H groups in total. The van der Waals surface area contributed by atoms with Gasteiger partial charge in [-0.25, -0.2) is 4.98 Å². The standard InChI is InChI=1S/C17H25ClN2O/c1-13(2)21-11-5-4-10-20-16-12-14(3)6-7-15(16)19-17(20)8-9-18/h6-7,12-13H,4-5,8-11H2,1-3H3. The zero-order valence-corrected chi connectivity index (χ0v) is 14.0. The van der Waals surface area contributed by atoms with E-state index in [1.165, 1.54) is 11.1 Å². The molecule has 1 heterocycles. The summed E-state index contributed by atoms with van der Waals surface area (Å²) in [7, 11) is 0. The molecule has 0 saturated carbocycles. The third-order valence-corrected chi connectivity index (χ3v) is 3.72. The van der Waals surface area contributed by atoms with Crippen molar-refractivity contribution in [3.63, 3.8) is 0 Å². The molecular weight excluding hydrogens is 284 g/mol. The molecule has 0 bridgehead atoms. The van der Waals surface area contributed by atoms with Crippen molar-refractivity contribution < 1.29 is 4.74 Å². The fourth-order valence-corrected chi connectivity index (χ4v) is 2.67. The Kier molecular flexibility index (Phi) is 6.07. The number of halogens is 1. The van der Waals surface area contributed by atoms with Crippen molar-refractivity contribution in [3.05, 3.63) is 29.6 Å². The fourth-order valence-electron chi connectivity index (χ4n) is 2.50. The van der Waals surface area contributed by atoms with Crippen molar-refractivity contribution in [3.8, 4) is 0 Å². The summed E-state index contributed by atoms with van der Waals surface area (Å²) in [6, 6.07) is 6.42. The van der Waals surface area contributed by atoms with Crippen LogP contribution in [0.1, 0.15) is 38.1 Å². The maximum absolute atomic E-state index is 5.91. The summed E-state index contributed by atoms with van der Waals surface area (Å²) in [6.07, 6.45) is 3.30. The number of benzene rings is 1. The average molecular weight is 309 g/mol. The first-order valence-electron chi connectivity index (χ1n) is 7.75. The molecule has 0 aliphatic rings. The summed E-state index contributed by atoms with van der Waals surface area (Å²) >= 11 is 5.91. The predicted octanol–water partition coefficient (Wildman–Crippen LogP) is 4.33. The fraction of sp³-hybridized carbons (Fsp3) is 0.588. The molecule has 0 unspecified atom stereocenters. The highest BCUT2D eigenvalue weighted by molar-refractivity contribution is 6.17. The third kappa shape index (κ3) is 4.45. The number of fused-ring (bicyclic) bond motifs is 1. The predicted molar refractivity (Wildman–Crippen MR) is 89.2 cm³/mol. The lowest BCUT2D eigenvalue weighted by Gasteiger charge is -2.10. The topological polar surface area (TPSA) is 27.1 Å². The Bertz CT molecular complexity index is 577. The van der Waals surface area contributed by atoms with E-state index < -0.39 is 0 Å². The zero-order chi connectivity index (χ0) is 15.2. The van der Waals surface area contributed by atoms with Crippen molar-refractivity contribution >= 4 is 22.6 Å². The van der Waals surface area contributed by atoms with Crippen LogP contribution >= 0.6 is 11.6 Å². The molecule has 0 atom stereocenters. The number of nitrogens with zero attached hydrogens (tertiary/aromatic N) is 2. The highest BCUT2D eigenvalue weighted by Crippen LogP contribution is 2.19. The molecule has 116 valence electrons. The summed E-state index contributed by atoms with van der Waals surface area (Å²) in [6.45, 7) is 8.08. The number of imidazole rings is 1. The van der Waals surface area contributed by atoms with Crippen molar-refractivity contribution in [1.29, 1.82) is 0 Å². The molecule has 0 aliphatic heterocycles. The van der Waals surface area contributed by atoms with Crippen LogP contribution in [0.25, 0.3) is 11.0 Å². The molecule has 0 amide bonds. The Labute approximate surface area is 132 Å². The SMILES string of the molecule is Cc1ccc2nc(CCCl)n(CCCCOC(C)C)c2c1. The van der Waals surface area contributed by atoms with E-state index >= 15 is 0 Å². The van der Waals surface area contributed by atoms with E-state index in [-0.39, 0.29) is 0 Å². The Balaban J connectivity index is 2.08. The van der Waals surface area contributed by atoms with Crippen molar-refractivity contribution in [2.75, 3.05) is 12.5 Å². The first-order valence-corrected chi connectivity index (χ1v) is 8.28. The molecule has 0 spiro atoms. The molecule has 0 saturated heterocycles. The van der Waals surface area contributed by atoms with Gasteiger partial charge in [0.25, 0.3) is 0 Å². The van der Waals surface area contributed by atoms with Gasteiger partial charge in [0.1, 0.15) is 5.82 Å². The van der Waals surface area contributed by atoms with Gasteiger partial charge in [-0.3, -0.25) is 0 Å². The van der Waals surface area contributed by atoms with Gasteiger partial charge >= 0.3 is 0 Å². The summed E-state index contributed by atoms with van der Waals surface area (Å²) in [5, 5.41) is 0. The van der Waals surface area contributed by atoms with Crippen LogP contribution in [0.2, 0.25) is 0 Å². The maximum Gasteiger partial charge on any atom is 0.111 e. The van der Waals surface area contributed by atoms with Crippen LogP contribution in [-0.4, -0.2) is 28.1 Å². The van der Waals surface area contributed by atoms with Crippen LogP contribution in [0.15, 0.2) is 18.2 Å². The molecular formula is C17H25ClN2O. The number of hydrogen-bond acceptors (Lipinski definition) is 2. The van der Waals surface area contributed by atoms with Crippen LogP contribution < -0.4 is 0 Å². The number of unbranched alkanes of at least 4 members (excludes halogenated alkanes) is 1. The smallest absolute Gasteiger partial charge is 0.111 e. The van der Waals surface area contributed by atoms with Gasteiger partial charge in [0.2, 0.25) is 0 Å². The first kappa shape index (κ1) is 16.3. The molecule has 21 heavy (non-hydrogen) atoms. The van der Waals surface area contributed by atoms with E-state index in [1.807, 2.05) is 0 Å². The number of hydrogen-bond donors (Lipinski definition) is 0. The van der Waals surface area contributed by atoms with Crippen LogP contribution in [0.4, 0.5) is 0 Å². The summed E-state index contributed by atoms with van der Waals surface area (Å²) < 4.78 is 7.92. The second-order valence-corrected chi connectivity index (χ2v) is 6.12. The molecule has 0 fully saturated rings. The van der Waals surface area contributed by atoms with E-state index in [2.05, 4.69) is 43.5 Å². The van der Waals surface area contributed by atoms with Crippen molar-refractivity contribution in [2.24, 2.45) is 0 Å². The van der Waals surface area contributed by atoms with E-state index in [0.29, 0.717) is 12.0 Å². The van der Waals surface area contributed by atoms with Crippen LogP contribution in [0, 0.1) is 6.92 Å². The molecule has 2 rings (SSSR count). The molecule has 2 aromatic rings. The highest BCUT2D eigenvalue weighted by atomic mass is 35.5. The third-order valence-electron chi connectivity index (χ3n) is 3.53. The largest absolute Gasteiger partial charge is 0.379 e. The van der Waals surface area contributed by atoms with Gasteiger partial charge < -0.3 is 9.30 Å². The van der Waals surface area contributed by atoms with Crippen LogP contribution in [0.3, 0.4) is 0 Å². The minimum atomic E-state index is 0.313. The van der Waals surface area contributed by atoms with Gasteiger partial charge in [-0.2, -0.15) is 0 Å². The molecule has 0 aliphatic carbocycles. The molecule has 0 radical (unpaired) electrons. The Morgan fingerprint density at radius 3 is 2.81 bits per heavy atom. The summed E-state index contributed by atoms with van der Waals surface area (Å²) in [5.74, 6) is 1.70. The van der Waals surface area contributed by atoms with Gasteiger partial charge in [-0.05, 0) is 51.3 Å². The maximum atomic E-state index is 5.91. The molecule has 1 aromatic heterocycles. The van der Waals surface area contributed by atoms with Gasteiger partial charge in [0, 0.05) is 25.5 Å². The number of aromatic nitrogens is 2. The van der Waals surface area contributed by atoms with Gasteiger partial charge in [-0.15, -0.1) is 11.6 Å². The van der Waals surface area contributed by atoms with E-state index in [4.69, 9.17) is 21.3 Å². The number of rotatable bonds is 8. The van der Waals surface area contributed by atoms with Gasteiger partial charge in [0.05, 0.1) is 17.1 Å². The summed E-state index contributed by atoms with van der Waals surface area (Å²) in [4.78, 5) is 4.72. The van der Waals surface area contributed by atoms with E-state index in [0.717, 1.165) is 43.8 Å². The minimum Gasteiger partial charge on any atom is -0.379 e. The molecule has 4 heteroatoms. The van der Waals surface area contributed by atoms with E-state index in [1.54, 1.807) is 0 Å². The average Bonchev–Trinajstić information content (AvgIpc) is 2.76. The zero-order valence-electron chi connectivity index (χ0n) is 13.2. The van der Waals surface area contributed by atoms with Gasteiger partial charge in [0.15, 0.2) is 0 Å². The molecule has 1 aromatic carbocycles. The second kappa shape index (κ2) is 7.81.